The number of cyclic esters (lactones) is 1. The number of aliphatic hydroxyl groups excluding tert-OH is 10. The molecule has 0 bridgehead atoms. The van der Waals surface area contributed by atoms with Crippen molar-refractivity contribution in [2.24, 2.45) is 39.4 Å². The van der Waals surface area contributed by atoms with Crippen LogP contribution in [-0.4, -0.2) is 275 Å². The molecule has 34 heteroatoms. The summed E-state index contributed by atoms with van der Waals surface area (Å²) in [5.74, 6) is -1.14. The Morgan fingerprint density at radius 2 is 1.30 bits per heavy atom. The predicted octanol–water partition coefficient (Wildman–Crippen LogP) is -2.78. The van der Waals surface area contributed by atoms with Crippen LogP contribution in [0, 0.1) is 39.4 Å². The van der Waals surface area contributed by atoms with Gasteiger partial charge in [0.05, 0.1) is 50.0 Å². The monoisotopic (exact) mass is 1370 g/mol. The third kappa shape index (κ3) is 13.5. The molecule has 32 nitrogen and oxygen atoms in total. The second-order valence-corrected chi connectivity index (χ2v) is 30.2. The largest absolute Gasteiger partial charge is 0.726 e. The van der Waals surface area contributed by atoms with Crippen LogP contribution in [0.1, 0.15) is 106 Å². The van der Waals surface area contributed by atoms with Crippen LogP contribution >= 0.6 is 0 Å². The molecule has 10 aliphatic rings. The third-order valence-electron chi connectivity index (χ3n) is 22.0. The number of methoxy groups -OCH3 is 1. The maximum atomic E-state index is 14.5. The molecule has 9 fully saturated rings. The van der Waals surface area contributed by atoms with Gasteiger partial charge in [0.2, 0.25) is 20.8 Å². The summed E-state index contributed by atoms with van der Waals surface area (Å²) in [6.07, 6.45) is -38.1. The number of ether oxygens (including phenoxy) is 12. The highest BCUT2D eigenvalue weighted by Crippen LogP contribution is 2.75. The molecule has 0 amide bonds. The number of carbonyl (C=O) groups is 2. The fourth-order valence-electron chi connectivity index (χ4n) is 17.4. The van der Waals surface area contributed by atoms with Gasteiger partial charge < -0.3 is 117 Å². The first-order valence-corrected chi connectivity index (χ1v) is 34.1. The molecule has 10 N–H and O–H groups in total. The van der Waals surface area contributed by atoms with Gasteiger partial charge in [-0.15, -0.1) is 6.58 Å². The van der Waals surface area contributed by atoms with Gasteiger partial charge in [0.1, 0.15) is 115 Å². The molecule has 532 valence electrons. The zero-order chi connectivity index (χ0) is 68.2. The van der Waals surface area contributed by atoms with Gasteiger partial charge in [0.25, 0.3) is 0 Å². The number of hydrogen-bond donors (Lipinski definition) is 10. The number of Topliss-reactive ketones (excluding diaryl/α,β-unsaturated/α-hetero) is 1. The summed E-state index contributed by atoms with van der Waals surface area (Å²) in [7, 11) is -9.98. The molecule has 4 aliphatic carbocycles. The lowest BCUT2D eigenvalue weighted by Gasteiger charge is -2.63. The zero-order valence-electron chi connectivity index (χ0n) is 52.8. The van der Waals surface area contributed by atoms with Crippen molar-refractivity contribution in [1.82, 2.24) is 0 Å². The van der Waals surface area contributed by atoms with E-state index in [-0.39, 0.29) is 30.0 Å². The number of carbonyl (C=O) groups excluding carboxylic acids is 2. The molecule has 1 spiro atoms. The highest BCUT2D eigenvalue weighted by Gasteiger charge is 2.79. The molecule has 3 saturated carbocycles. The summed E-state index contributed by atoms with van der Waals surface area (Å²) in [4.78, 5) is 28.9. The van der Waals surface area contributed by atoms with E-state index in [0.29, 0.717) is 44.9 Å². The maximum absolute atomic E-state index is 14.5. The molecule has 10 rings (SSSR count). The molecule has 0 aromatic rings. The Kier molecular flexibility index (Phi) is 21.4. The minimum atomic E-state index is -5.57. The van der Waals surface area contributed by atoms with E-state index in [1.54, 1.807) is 0 Å². The van der Waals surface area contributed by atoms with E-state index in [1.165, 1.54) is 6.92 Å². The Bertz CT molecular complexity index is 2970. The first-order chi connectivity index (χ1) is 43.4. The number of ketones is 1. The summed E-state index contributed by atoms with van der Waals surface area (Å²) in [6, 6.07) is 0. The number of fused-ring (bicyclic) bond motifs is 4. The van der Waals surface area contributed by atoms with Gasteiger partial charge >= 0.3 is 5.97 Å². The average molecular weight is 1380 g/mol. The zero-order valence-corrected chi connectivity index (χ0v) is 54.5. The Morgan fingerprint density at radius 1 is 0.688 bits per heavy atom. The van der Waals surface area contributed by atoms with Gasteiger partial charge in [0.15, 0.2) is 31.5 Å². The summed E-state index contributed by atoms with van der Waals surface area (Å²) in [5.41, 5.74) is -1.96. The highest BCUT2D eigenvalue weighted by atomic mass is 32.3. The molecule has 6 saturated heterocycles. The highest BCUT2D eigenvalue weighted by molar-refractivity contribution is 7.81. The molecule has 29 unspecified atom stereocenters. The van der Waals surface area contributed by atoms with Crippen molar-refractivity contribution in [3.63, 3.8) is 0 Å². The van der Waals surface area contributed by atoms with Crippen LogP contribution in [0.4, 0.5) is 0 Å². The van der Waals surface area contributed by atoms with Crippen molar-refractivity contribution in [3.05, 3.63) is 23.8 Å². The first kappa shape index (κ1) is 73.2. The van der Waals surface area contributed by atoms with E-state index >= 15 is 0 Å². The number of allylic oxidation sites excluding steroid dienone is 3. The van der Waals surface area contributed by atoms with Crippen LogP contribution in [0.25, 0.3) is 0 Å². The number of rotatable bonds is 21. The van der Waals surface area contributed by atoms with Crippen molar-refractivity contribution in [2.75, 3.05) is 33.5 Å². The van der Waals surface area contributed by atoms with E-state index in [4.69, 9.17) is 61.0 Å². The predicted molar refractivity (Wildman–Crippen MR) is 305 cm³/mol. The second kappa shape index (κ2) is 27.2. The van der Waals surface area contributed by atoms with E-state index < -0.39 is 228 Å². The maximum Gasteiger partial charge on any atom is 0.314 e. The number of hydrogen-bond acceptors (Lipinski definition) is 32. The molecule has 6 heterocycles. The lowest BCUT2D eigenvalue weighted by molar-refractivity contribution is -0.403. The van der Waals surface area contributed by atoms with Gasteiger partial charge in [-0.25, -0.2) is 16.8 Å². The van der Waals surface area contributed by atoms with Crippen LogP contribution in [0.2, 0.25) is 0 Å². The van der Waals surface area contributed by atoms with Crippen LogP contribution < -0.4 is 0 Å². The molecule has 6 aliphatic heterocycles. The standard InChI is InChI=1S/C59H92O32S2/c1-24(2)11-10-16-58(8)48-28(61)19-57(7)27-12-13-33-55(4,5)34(15-17-56(33,6)26(27)14-18-59(48,57)54(71)90-58)85-52-46(38(66)32(22-80-52)91-93(75,76)77)89-53-47(88-49-39(67)35(63)29(62)21-79-49)40(68)43(25(3)82-53)86-51-42(70)45(37(65)31(84-51)23-81-92(72,73)74)87-50-41(69)44(78-9)36(64)30(20-60)83-50/h12,25-26,29-53,60,62-70H,1,10-11,13-23H2,2-9H3,(H,72,73,74)(H,75,76,77)/p-2/t25?,26?,29?,30?,31?,32?,33?,34?,35?,36?,37?,38?,39?,40?,41?,42?,43?,44?,45?,46?,47?,48?,49?,50?,51?,52?,53?,56?,57-,58-,59?/m0/s1. The summed E-state index contributed by atoms with van der Waals surface area (Å²) in [6.45, 7) is 13.9. The number of aliphatic hydroxyl groups is 10. The minimum Gasteiger partial charge on any atom is -0.726 e. The summed E-state index contributed by atoms with van der Waals surface area (Å²) >= 11 is 0. The van der Waals surface area contributed by atoms with E-state index in [9.17, 15) is 86.6 Å². The smallest absolute Gasteiger partial charge is 0.314 e. The van der Waals surface area contributed by atoms with Crippen molar-refractivity contribution < 1.29 is 152 Å². The summed E-state index contributed by atoms with van der Waals surface area (Å²) in [5, 5.41) is 112. The first-order valence-electron chi connectivity index (χ1n) is 31.4. The molecule has 0 aromatic carbocycles. The Hall–Kier alpha value is -2.48. The Morgan fingerprint density at radius 3 is 1.95 bits per heavy atom. The van der Waals surface area contributed by atoms with Gasteiger partial charge in [-0.3, -0.25) is 18.0 Å². The molecular weight excluding hydrogens is 1280 g/mol. The Balaban J connectivity index is 0.921. The summed E-state index contributed by atoms with van der Waals surface area (Å²) < 4.78 is 153. The molecule has 93 heavy (non-hydrogen) atoms. The molecule has 31 atom stereocenters. The van der Waals surface area contributed by atoms with Crippen molar-refractivity contribution in [2.45, 2.75) is 259 Å². The van der Waals surface area contributed by atoms with Crippen LogP contribution in [0.15, 0.2) is 23.8 Å². The van der Waals surface area contributed by atoms with Crippen molar-refractivity contribution >= 4 is 32.6 Å². The van der Waals surface area contributed by atoms with Crippen LogP contribution in [0.5, 0.6) is 0 Å². The number of esters is 1. The van der Waals surface area contributed by atoms with Gasteiger partial charge in [-0.05, 0) is 94.8 Å². The average Bonchev–Trinajstić information content (AvgIpc) is 1.52. The normalized spacial score (nSPS) is 49.2. The SMILES string of the molecule is C=C(C)CCC[C@]1(C)OC(=O)C23CCC4C(=CCC5C(C)(C)C(OC6OCC(OS(=O)(=O)[O-])C(O)C6OC6OC(C)C(OC7OC(COS(=O)(=O)[O-])C(O)C(OC8OC(CO)C(O)C(OC)C8O)C7O)C(O)C6OC6OCC(O)C(O)C6O)CCC45C)[C@]2(C)CC(=O)C31. The lowest BCUT2D eigenvalue weighted by Crippen LogP contribution is -2.68. The van der Waals surface area contributed by atoms with E-state index in [1.807, 2.05) is 34.6 Å². The van der Waals surface area contributed by atoms with Gasteiger partial charge in [0, 0.05) is 18.9 Å². The Labute approximate surface area is 538 Å². The van der Waals surface area contributed by atoms with Crippen LogP contribution in [-0.2, 0) is 95.6 Å². The van der Waals surface area contributed by atoms with E-state index in [0.717, 1.165) is 24.7 Å². The minimum absolute atomic E-state index is 0.0140. The molecule has 0 radical (unpaired) electrons. The third-order valence-corrected chi connectivity index (χ3v) is 22.9. The fourth-order valence-corrected chi connectivity index (χ4v) is 18.1. The lowest BCUT2D eigenvalue weighted by atomic mass is 9.41. The van der Waals surface area contributed by atoms with Crippen molar-refractivity contribution in [1.29, 1.82) is 0 Å². The van der Waals surface area contributed by atoms with Gasteiger partial charge in [-0.1, -0.05) is 44.9 Å². The quantitative estimate of drug-likeness (QED) is 0.0241. The van der Waals surface area contributed by atoms with Gasteiger partial charge in [-0.2, -0.15) is 0 Å². The topological polar surface area (TPSA) is 480 Å². The molecule has 0 aromatic heterocycles. The second-order valence-electron chi connectivity index (χ2n) is 28.1. The fraction of sp³-hybridized carbons (Fsp3) is 0.898. The van der Waals surface area contributed by atoms with E-state index in [2.05, 4.69) is 23.8 Å². The van der Waals surface area contributed by atoms with Crippen LogP contribution in [0.3, 0.4) is 0 Å². The van der Waals surface area contributed by atoms with Crippen molar-refractivity contribution in [3.8, 4) is 0 Å². The molecular formula is C59H90O32S2-2.